The third-order valence-electron chi connectivity index (χ3n) is 2.21. The molecule has 0 unspecified atom stereocenters. The number of aliphatic hydroxyl groups is 1. The van der Waals surface area contributed by atoms with Crippen LogP contribution in [0.15, 0.2) is 0 Å². The van der Waals surface area contributed by atoms with E-state index in [1.807, 2.05) is 20.8 Å². The van der Waals surface area contributed by atoms with Gasteiger partial charge in [-0.2, -0.15) is 0 Å². The summed E-state index contributed by atoms with van der Waals surface area (Å²) in [5.74, 6) is 1.45. The molecule has 2 aromatic rings. The number of hydrogen-bond acceptors (Lipinski definition) is 4. The Labute approximate surface area is 81.4 Å². The number of aryl methyl sites for hydroxylation is 3. The summed E-state index contributed by atoms with van der Waals surface area (Å²) in [7, 11) is 0. The summed E-state index contributed by atoms with van der Waals surface area (Å²) in [6.07, 6.45) is 0. The number of nitrogens with zero attached hydrogens (tertiary/aromatic N) is 4. The Balaban J connectivity index is 2.87. The Morgan fingerprint density at radius 1 is 1.14 bits per heavy atom. The van der Waals surface area contributed by atoms with Gasteiger partial charge in [0.2, 0.25) is 0 Å². The monoisotopic (exact) mass is 192 g/mol. The molecule has 0 aliphatic carbocycles. The van der Waals surface area contributed by atoms with E-state index in [2.05, 4.69) is 15.0 Å². The van der Waals surface area contributed by atoms with Crippen molar-refractivity contribution in [2.75, 3.05) is 0 Å². The maximum Gasteiger partial charge on any atom is 0.165 e. The van der Waals surface area contributed by atoms with Crippen LogP contribution < -0.4 is 0 Å². The Bertz CT molecular complexity index is 489. The zero-order valence-corrected chi connectivity index (χ0v) is 8.44. The Morgan fingerprint density at radius 3 is 2.50 bits per heavy atom. The zero-order chi connectivity index (χ0) is 10.3. The third kappa shape index (κ3) is 1.17. The van der Waals surface area contributed by atoms with Crippen LogP contribution in [-0.4, -0.2) is 24.6 Å². The molecule has 5 nitrogen and oxygen atoms in total. The van der Waals surface area contributed by atoms with Gasteiger partial charge < -0.3 is 5.11 Å². The quantitative estimate of drug-likeness (QED) is 0.722. The second-order valence-corrected chi connectivity index (χ2v) is 3.26. The second kappa shape index (κ2) is 3.02. The van der Waals surface area contributed by atoms with Crippen LogP contribution in [0.1, 0.15) is 17.3 Å². The minimum Gasteiger partial charge on any atom is -0.376 e. The molecule has 0 aliphatic heterocycles. The fourth-order valence-electron chi connectivity index (χ4n) is 1.55. The van der Waals surface area contributed by atoms with E-state index in [1.54, 1.807) is 4.57 Å². The molecule has 2 heterocycles. The summed E-state index contributed by atoms with van der Waals surface area (Å²) in [4.78, 5) is 12.8. The van der Waals surface area contributed by atoms with Gasteiger partial charge >= 0.3 is 0 Å². The first-order chi connectivity index (χ1) is 6.63. The van der Waals surface area contributed by atoms with Gasteiger partial charge in [-0.25, -0.2) is 15.0 Å². The molecule has 0 saturated carbocycles. The van der Waals surface area contributed by atoms with Crippen molar-refractivity contribution in [3.05, 3.63) is 17.3 Å². The predicted molar refractivity (Wildman–Crippen MR) is 51.8 cm³/mol. The number of aliphatic hydroxyl groups excluding tert-OH is 1. The zero-order valence-electron chi connectivity index (χ0n) is 8.44. The van der Waals surface area contributed by atoms with Crippen molar-refractivity contribution in [1.82, 2.24) is 19.5 Å². The van der Waals surface area contributed by atoms with Crippen LogP contribution in [0.25, 0.3) is 11.2 Å². The van der Waals surface area contributed by atoms with Gasteiger partial charge in [-0.3, -0.25) is 4.57 Å². The van der Waals surface area contributed by atoms with Gasteiger partial charge in [0.1, 0.15) is 23.9 Å². The van der Waals surface area contributed by atoms with Crippen LogP contribution in [0, 0.1) is 20.8 Å². The van der Waals surface area contributed by atoms with E-state index in [-0.39, 0.29) is 6.73 Å². The van der Waals surface area contributed by atoms with E-state index in [9.17, 15) is 0 Å². The molecule has 14 heavy (non-hydrogen) atoms. The van der Waals surface area contributed by atoms with E-state index in [0.717, 1.165) is 17.0 Å². The number of rotatable bonds is 1. The van der Waals surface area contributed by atoms with Crippen LogP contribution in [0.5, 0.6) is 0 Å². The maximum absolute atomic E-state index is 9.15. The fourth-order valence-corrected chi connectivity index (χ4v) is 1.55. The van der Waals surface area contributed by atoms with Crippen LogP contribution >= 0.6 is 0 Å². The Hall–Kier alpha value is -1.49. The highest BCUT2D eigenvalue weighted by Crippen LogP contribution is 2.15. The van der Waals surface area contributed by atoms with Crippen LogP contribution in [0.4, 0.5) is 0 Å². The molecule has 2 rings (SSSR count). The van der Waals surface area contributed by atoms with E-state index < -0.39 is 0 Å². The molecular formula is C9H12N4O. The molecule has 0 aliphatic rings. The van der Waals surface area contributed by atoms with Crippen molar-refractivity contribution < 1.29 is 5.11 Å². The topological polar surface area (TPSA) is 63.8 Å². The van der Waals surface area contributed by atoms with Gasteiger partial charge in [0.05, 0.1) is 5.69 Å². The SMILES string of the molecule is Cc1nc(C)c2nc(C)n(CO)c2n1. The van der Waals surface area contributed by atoms with Gasteiger partial charge in [0, 0.05) is 0 Å². The Morgan fingerprint density at radius 2 is 1.86 bits per heavy atom. The highest BCUT2D eigenvalue weighted by molar-refractivity contribution is 5.73. The van der Waals surface area contributed by atoms with E-state index in [1.165, 1.54) is 0 Å². The molecule has 0 bridgehead atoms. The first-order valence-electron chi connectivity index (χ1n) is 4.42. The molecule has 0 amide bonds. The number of imidazole rings is 1. The van der Waals surface area contributed by atoms with Crippen LogP contribution in [-0.2, 0) is 6.73 Å². The van der Waals surface area contributed by atoms with Crippen molar-refractivity contribution in [2.24, 2.45) is 0 Å². The smallest absolute Gasteiger partial charge is 0.165 e. The van der Waals surface area contributed by atoms with Crippen LogP contribution in [0.3, 0.4) is 0 Å². The molecule has 0 saturated heterocycles. The van der Waals surface area contributed by atoms with Crippen molar-refractivity contribution in [2.45, 2.75) is 27.5 Å². The molecule has 0 atom stereocenters. The molecule has 0 radical (unpaired) electrons. The molecule has 74 valence electrons. The third-order valence-corrected chi connectivity index (χ3v) is 2.21. The molecular weight excluding hydrogens is 180 g/mol. The van der Waals surface area contributed by atoms with Gasteiger partial charge in [-0.1, -0.05) is 0 Å². The second-order valence-electron chi connectivity index (χ2n) is 3.26. The Kier molecular flexibility index (Phi) is 1.96. The molecule has 0 spiro atoms. The normalized spacial score (nSPS) is 11.1. The standard InChI is InChI=1S/C9H12N4O/c1-5-8-9(11-6(2)10-5)13(4-14)7(3)12-8/h14H,4H2,1-3H3. The summed E-state index contributed by atoms with van der Waals surface area (Å²) < 4.78 is 1.66. The number of fused-ring (bicyclic) bond motifs is 1. The average Bonchev–Trinajstić information content (AvgIpc) is 2.41. The van der Waals surface area contributed by atoms with Gasteiger partial charge in [-0.05, 0) is 20.8 Å². The van der Waals surface area contributed by atoms with Crippen molar-refractivity contribution in [3.63, 3.8) is 0 Å². The van der Waals surface area contributed by atoms with E-state index >= 15 is 0 Å². The predicted octanol–water partition coefficient (Wildman–Crippen LogP) is 0.701. The molecule has 5 heteroatoms. The average molecular weight is 192 g/mol. The van der Waals surface area contributed by atoms with Gasteiger partial charge in [0.25, 0.3) is 0 Å². The van der Waals surface area contributed by atoms with Crippen LogP contribution in [0.2, 0.25) is 0 Å². The summed E-state index contributed by atoms with van der Waals surface area (Å²) >= 11 is 0. The molecule has 0 fully saturated rings. The highest BCUT2D eigenvalue weighted by Gasteiger charge is 2.11. The lowest BCUT2D eigenvalue weighted by molar-refractivity contribution is 0.211. The number of aromatic nitrogens is 4. The minimum absolute atomic E-state index is 0.0990. The summed E-state index contributed by atoms with van der Waals surface area (Å²) in [6, 6.07) is 0. The number of hydrogen-bond donors (Lipinski definition) is 1. The largest absolute Gasteiger partial charge is 0.376 e. The lowest BCUT2D eigenvalue weighted by Gasteiger charge is -2.01. The fraction of sp³-hybridized carbons (Fsp3) is 0.444. The molecule has 0 aromatic carbocycles. The summed E-state index contributed by atoms with van der Waals surface area (Å²) in [5.41, 5.74) is 2.32. The molecule has 2 aromatic heterocycles. The lowest BCUT2D eigenvalue weighted by Crippen LogP contribution is -2.01. The minimum atomic E-state index is -0.0990. The van der Waals surface area contributed by atoms with Gasteiger partial charge in [-0.15, -0.1) is 0 Å². The lowest BCUT2D eigenvalue weighted by atomic mass is 10.4. The van der Waals surface area contributed by atoms with E-state index in [0.29, 0.717) is 11.5 Å². The first kappa shape index (κ1) is 9.08. The van der Waals surface area contributed by atoms with Crippen molar-refractivity contribution in [3.8, 4) is 0 Å². The highest BCUT2D eigenvalue weighted by atomic mass is 16.3. The summed E-state index contributed by atoms with van der Waals surface area (Å²) in [6.45, 7) is 5.46. The summed E-state index contributed by atoms with van der Waals surface area (Å²) in [5, 5.41) is 9.15. The molecule has 1 N–H and O–H groups in total. The maximum atomic E-state index is 9.15. The first-order valence-corrected chi connectivity index (χ1v) is 4.42. The van der Waals surface area contributed by atoms with E-state index in [4.69, 9.17) is 5.11 Å². The van der Waals surface area contributed by atoms with Crippen molar-refractivity contribution in [1.29, 1.82) is 0 Å². The van der Waals surface area contributed by atoms with Crippen molar-refractivity contribution >= 4 is 11.2 Å². The van der Waals surface area contributed by atoms with Gasteiger partial charge in [0.15, 0.2) is 5.65 Å².